The van der Waals surface area contributed by atoms with E-state index in [4.69, 9.17) is 16.1 Å². The second-order valence-electron chi connectivity index (χ2n) is 5.20. The molecule has 0 aliphatic heterocycles. The zero-order valence-electron chi connectivity index (χ0n) is 12.4. The number of para-hydroxylation sites is 1. The Hall–Kier alpha value is -1.55. The minimum Gasteiger partial charge on any atom is -0.356 e. The maximum atomic E-state index is 12.0. The second kappa shape index (κ2) is 7.46. The van der Waals surface area contributed by atoms with Crippen LogP contribution in [0.15, 0.2) is 28.8 Å². The molecular formula is C16H21ClN2O2. The van der Waals surface area contributed by atoms with Crippen molar-refractivity contribution in [3.05, 3.63) is 30.0 Å². The molecule has 0 fully saturated rings. The molecule has 0 aliphatic carbocycles. The molecule has 0 aliphatic rings. The fraction of sp³-hybridized carbons (Fsp3) is 0.500. The number of carbonyl (C=O) groups excluding carboxylic acids is 1. The number of rotatable bonds is 7. The van der Waals surface area contributed by atoms with Gasteiger partial charge in [-0.2, -0.15) is 0 Å². The Labute approximate surface area is 129 Å². The normalized spacial score (nSPS) is 12.8. The first-order valence-corrected chi connectivity index (χ1v) is 7.83. The van der Waals surface area contributed by atoms with Gasteiger partial charge in [-0.05, 0) is 18.1 Å². The van der Waals surface area contributed by atoms with Gasteiger partial charge in [0.2, 0.25) is 5.91 Å². The molecule has 1 amide bonds. The average molecular weight is 309 g/mol. The van der Waals surface area contributed by atoms with Gasteiger partial charge in [-0.15, -0.1) is 11.6 Å². The quantitative estimate of drug-likeness (QED) is 0.796. The average Bonchev–Trinajstić information content (AvgIpc) is 2.90. The highest BCUT2D eigenvalue weighted by atomic mass is 35.5. The molecule has 1 atom stereocenters. The van der Waals surface area contributed by atoms with Crippen LogP contribution in [0.2, 0.25) is 0 Å². The molecule has 1 aromatic carbocycles. The number of hydrogen-bond donors (Lipinski definition) is 1. The van der Waals surface area contributed by atoms with Gasteiger partial charge in [-0.1, -0.05) is 44.0 Å². The standard InChI is InChI=1S/C16H21ClN2O2/c1-3-11(4-2)13(17)10-18-16(20)9-14-12-7-5-6-8-15(12)21-19-14/h5-8,11,13H,3-4,9-10H2,1-2H3,(H,18,20). The van der Waals surface area contributed by atoms with Gasteiger partial charge in [0, 0.05) is 11.9 Å². The fourth-order valence-corrected chi connectivity index (χ4v) is 2.89. The van der Waals surface area contributed by atoms with Crippen molar-refractivity contribution in [2.75, 3.05) is 6.54 Å². The molecule has 2 aromatic rings. The van der Waals surface area contributed by atoms with Crippen LogP contribution < -0.4 is 5.32 Å². The van der Waals surface area contributed by atoms with E-state index in [0.29, 0.717) is 23.7 Å². The summed E-state index contributed by atoms with van der Waals surface area (Å²) in [5.74, 6) is 0.352. The van der Waals surface area contributed by atoms with E-state index in [2.05, 4.69) is 24.3 Å². The molecule has 0 bridgehead atoms. The molecule has 4 nitrogen and oxygen atoms in total. The van der Waals surface area contributed by atoms with Crippen molar-refractivity contribution in [2.45, 2.75) is 38.5 Å². The predicted octanol–water partition coefficient (Wildman–Crippen LogP) is 3.53. The Morgan fingerprint density at radius 2 is 2.05 bits per heavy atom. The van der Waals surface area contributed by atoms with Crippen LogP contribution in [-0.2, 0) is 11.2 Å². The number of aromatic nitrogens is 1. The summed E-state index contributed by atoms with van der Waals surface area (Å²) >= 11 is 6.32. The Morgan fingerprint density at radius 3 is 2.76 bits per heavy atom. The minimum absolute atomic E-state index is 0.0296. The molecule has 2 rings (SSSR count). The molecule has 1 N–H and O–H groups in total. The molecule has 0 saturated heterocycles. The lowest BCUT2D eigenvalue weighted by molar-refractivity contribution is -0.120. The molecule has 1 aromatic heterocycles. The molecule has 0 radical (unpaired) electrons. The van der Waals surface area contributed by atoms with Crippen LogP contribution in [0.5, 0.6) is 0 Å². The van der Waals surface area contributed by atoms with Crippen molar-refractivity contribution in [2.24, 2.45) is 5.92 Å². The minimum atomic E-state index is -0.0781. The lowest BCUT2D eigenvalue weighted by Crippen LogP contribution is -2.34. The third kappa shape index (κ3) is 3.97. The molecule has 1 heterocycles. The molecule has 5 heteroatoms. The number of fused-ring (bicyclic) bond motifs is 1. The molecule has 0 saturated carbocycles. The highest BCUT2D eigenvalue weighted by Crippen LogP contribution is 2.19. The van der Waals surface area contributed by atoms with Crippen molar-refractivity contribution in [3.63, 3.8) is 0 Å². The topological polar surface area (TPSA) is 55.1 Å². The van der Waals surface area contributed by atoms with Crippen LogP contribution in [-0.4, -0.2) is 23.0 Å². The molecule has 1 unspecified atom stereocenters. The number of nitrogens with zero attached hydrogens (tertiary/aromatic N) is 1. The van der Waals surface area contributed by atoms with Crippen molar-refractivity contribution in [1.29, 1.82) is 0 Å². The first kappa shape index (κ1) is 15.8. The van der Waals surface area contributed by atoms with Crippen LogP contribution >= 0.6 is 11.6 Å². The van der Waals surface area contributed by atoms with E-state index >= 15 is 0 Å². The van der Waals surface area contributed by atoms with Gasteiger partial charge >= 0.3 is 0 Å². The van der Waals surface area contributed by atoms with E-state index in [1.165, 1.54) is 0 Å². The molecule has 114 valence electrons. The van der Waals surface area contributed by atoms with Gasteiger partial charge < -0.3 is 9.84 Å². The number of hydrogen-bond acceptors (Lipinski definition) is 3. The summed E-state index contributed by atoms with van der Waals surface area (Å²) < 4.78 is 5.19. The summed E-state index contributed by atoms with van der Waals surface area (Å²) in [6.45, 7) is 4.72. The van der Waals surface area contributed by atoms with E-state index in [-0.39, 0.29) is 17.7 Å². The Balaban J connectivity index is 1.90. The van der Waals surface area contributed by atoms with Crippen molar-refractivity contribution < 1.29 is 9.32 Å². The predicted molar refractivity (Wildman–Crippen MR) is 84.4 cm³/mol. The van der Waals surface area contributed by atoms with Crippen molar-refractivity contribution in [1.82, 2.24) is 10.5 Å². The second-order valence-corrected chi connectivity index (χ2v) is 5.76. The van der Waals surface area contributed by atoms with Crippen LogP contribution in [0.1, 0.15) is 32.4 Å². The van der Waals surface area contributed by atoms with Crippen LogP contribution in [0.4, 0.5) is 0 Å². The first-order valence-electron chi connectivity index (χ1n) is 7.39. The van der Waals surface area contributed by atoms with Gasteiger partial charge in [-0.25, -0.2) is 0 Å². The highest BCUT2D eigenvalue weighted by molar-refractivity contribution is 6.21. The summed E-state index contributed by atoms with van der Waals surface area (Å²) in [5, 5.41) is 7.70. The van der Waals surface area contributed by atoms with Crippen LogP contribution in [0, 0.1) is 5.92 Å². The third-order valence-electron chi connectivity index (χ3n) is 3.83. The summed E-state index contributed by atoms with van der Waals surface area (Å²) in [6.07, 6.45) is 2.26. The smallest absolute Gasteiger partial charge is 0.226 e. The molecular weight excluding hydrogens is 288 g/mol. The van der Waals surface area contributed by atoms with E-state index < -0.39 is 0 Å². The Kier molecular flexibility index (Phi) is 5.62. The number of nitrogens with one attached hydrogen (secondary N) is 1. The Morgan fingerprint density at radius 1 is 1.33 bits per heavy atom. The summed E-state index contributed by atoms with van der Waals surface area (Å²) in [5.41, 5.74) is 1.37. The number of alkyl halides is 1. The van der Waals surface area contributed by atoms with Gasteiger partial charge in [0.05, 0.1) is 11.8 Å². The maximum absolute atomic E-state index is 12.0. The van der Waals surface area contributed by atoms with E-state index in [9.17, 15) is 4.79 Å². The number of benzene rings is 1. The number of halogens is 1. The summed E-state index contributed by atoms with van der Waals surface area (Å²) in [6, 6.07) is 7.53. The lowest BCUT2D eigenvalue weighted by atomic mass is 9.99. The highest BCUT2D eigenvalue weighted by Gasteiger charge is 2.17. The Bertz CT molecular complexity index is 593. The molecule has 0 spiro atoms. The zero-order valence-corrected chi connectivity index (χ0v) is 13.2. The largest absolute Gasteiger partial charge is 0.356 e. The molecule has 21 heavy (non-hydrogen) atoms. The SMILES string of the molecule is CCC(CC)C(Cl)CNC(=O)Cc1noc2ccccc12. The summed E-state index contributed by atoms with van der Waals surface area (Å²) in [4.78, 5) is 12.0. The first-order chi connectivity index (χ1) is 10.2. The summed E-state index contributed by atoms with van der Waals surface area (Å²) in [7, 11) is 0. The van der Waals surface area contributed by atoms with Gasteiger partial charge in [-0.3, -0.25) is 4.79 Å². The van der Waals surface area contributed by atoms with Crippen LogP contribution in [0.3, 0.4) is 0 Å². The van der Waals surface area contributed by atoms with Gasteiger partial charge in [0.25, 0.3) is 0 Å². The monoisotopic (exact) mass is 308 g/mol. The van der Waals surface area contributed by atoms with E-state index in [1.807, 2.05) is 24.3 Å². The zero-order chi connectivity index (χ0) is 15.2. The number of carbonyl (C=O) groups is 1. The van der Waals surface area contributed by atoms with E-state index in [0.717, 1.165) is 18.2 Å². The fourth-order valence-electron chi connectivity index (χ4n) is 2.46. The van der Waals surface area contributed by atoms with Gasteiger partial charge in [0.1, 0.15) is 5.69 Å². The van der Waals surface area contributed by atoms with Gasteiger partial charge in [0.15, 0.2) is 5.58 Å². The third-order valence-corrected chi connectivity index (χ3v) is 4.35. The van der Waals surface area contributed by atoms with Crippen molar-refractivity contribution in [3.8, 4) is 0 Å². The number of amides is 1. The maximum Gasteiger partial charge on any atom is 0.226 e. The van der Waals surface area contributed by atoms with E-state index in [1.54, 1.807) is 0 Å². The van der Waals surface area contributed by atoms with Crippen LogP contribution in [0.25, 0.3) is 11.0 Å². The lowest BCUT2D eigenvalue weighted by Gasteiger charge is -2.19. The van der Waals surface area contributed by atoms with Crippen molar-refractivity contribution >= 4 is 28.5 Å².